The number of hydrogen-bond acceptors (Lipinski definition) is 31. The first-order chi connectivity index (χ1) is 59.7. The standard InChI is InChI=1S/C76H121N17O28S3/c1-52(69(103)83-23-27-114-31-35-115-32-28-111-24-20-80-64(97)45-119-44-61(77)94)87-72(106)57(40-53-12-5-3-6-13-53)91-75(109)60(50-123)93-73(107)58(41-68(101)102)89-62(95)43-85-70(104)55(17-11-19-84-76(78)110)90-74(108)59(49-122)92-71(105)56(88-67(100)51-124-2)16-9-10-18-79-63(96)46-120-47-65(98)81-21-25-112-29-33-116-36-38-118-39-37-117-34-30-113-26-22-82-66(99)48-121-86-42-54-14-7-4-8-15-54/h3-8,12-15,42,52,55-60,122-123H,9-11,16-41,43-51H2,1-2H3,(H2,77,94)(H,79,96)(H,80,97)(H,81,98)(H,82,99)(H,83,103)(H,85,104)(H,87,106)(H,88,100)(H,89,95)(H,90,108)(H,91,109)(H,92,105)(H,93,107)(H,101,102)(H3,78,84,110)/b86-42+/t52?,55-,56-,57-,58-,59-,60-/m0/s1. The molecule has 7 atom stereocenters. The molecule has 16 amide bonds. The lowest BCUT2D eigenvalue weighted by Gasteiger charge is -2.25. The van der Waals surface area contributed by atoms with Crippen LogP contribution in [-0.2, 0) is 131 Å². The first-order valence-corrected chi connectivity index (χ1v) is 42.4. The Labute approximate surface area is 733 Å². The van der Waals surface area contributed by atoms with Gasteiger partial charge in [-0.05, 0) is 56.4 Å². The van der Waals surface area contributed by atoms with Crippen LogP contribution in [0.15, 0.2) is 65.8 Å². The summed E-state index contributed by atoms with van der Waals surface area (Å²) in [7, 11) is 0. The molecule has 45 nitrogen and oxygen atoms in total. The molecule has 19 N–H and O–H groups in total. The number of thioether (sulfide) groups is 1. The fraction of sp³-hybridized carbons (Fsp3) is 0.618. The van der Waals surface area contributed by atoms with E-state index in [0.29, 0.717) is 64.8 Å². The van der Waals surface area contributed by atoms with Crippen molar-refractivity contribution in [1.82, 2.24) is 74.4 Å². The molecular weight excluding hydrogens is 1700 g/mol. The Morgan fingerprint density at radius 1 is 0.395 bits per heavy atom. The number of carboxylic acid groups (broad SMARTS) is 1. The first kappa shape index (κ1) is 110. The molecule has 1 unspecified atom stereocenters. The summed E-state index contributed by atoms with van der Waals surface area (Å²) in [6.45, 7) is 3.63. The minimum Gasteiger partial charge on any atom is -0.481 e. The largest absolute Gasteiger partial charge is 0.481 e. The summed E-state index contributed by atoms with van der Waals surface area (Å²) in [6.07, 6.45) is 2.40. The SMILES string of the molecule is CSCC(=O)N[C@@H](CCCCNC(=O)COCC(=O)NCCOCCOCCOCCOCCOCCNC(=O)CO/N=C/c1ccccc1)C(=O)N[C@@H](CS)C(=O)N[C@@H](CCCNC(N)=O)C(=O)NCC(=O)N[C@@H](CC(=O)O)C(=O)N[C@@H](CS)C(=O)N[C@@H](Cc1ccccc1)C(=O)NC(C)C(=O)NCCOCCOCCOCCNC(=O)COCC(N)=O. The quantitative estimate of drug-likeness (QED) is 0.0127. The van der Waals surface area contributed by atoms with Crippen LogP contribution in [-0.4, -0.2) is 356 Å². The highest BCUT2D eigenvalue weighted by Gasteiger charge is 2.34. The number of nitrogens with one attached hydrogen (secondary N) is 14. The van der Waals surface area contributed by atoms with Crippen LogP contribution in [0.5, 0.6) is 0 Å². The predicted octanol–water partition coefficient (Wildman–Crippen LogP) is -6.64. The van der Waals surface area contributed by atoms with Gasteiger partial charge >= 0.3 is 12.0 Å². The molecule has 2 rings (SSSR count). The number of nitrogens with two attached hydrogens (primary N) is 2. The molecule has 2 aromatic carbocycles. The molecule has 2 aromatic rings. The van der Waals surface area contributed by atoms with Gasteiger partial charge in [-0.3, -0.25) is 71.9 Å². The highest BCUT2D eigenvalue weighted by Crippen LogP contribution is 2.09. The second kappa shape index (κ2) is 71.2. The molecule has 0 aromatic heterocycles. The molecule has 48 heteroatoms. The summed E-state index contributed by atoms with van der Waals surface area (Å²) < 4.78 is 53.7. The summed E-state index contributed by atoms with van der Waals surface area (Å²) in [5.41, 5.74) is 11.6. The fourth-order valence-corrected chi connectivity index (χ4v) is 10.9. The molecule has 0 radical (unpaired) electrons. The number of nitrogens with zero attached hydrogens (tertiary/aromatic N) is 1. The molecule has 0 fully saturated rings. The van der Waals surface area contributed by atoms with Gasteiger partial charge in [0.05, 0.1) is 131 Å². The van der Waals surface area contributed by atoms with Crippen molar-refractivity contribution < 1.29 is 134 Å². The van der Waals surface area contributed by atoms with Crippen LogP contribution in [0.4, 0.5) is 4.79 Å². The Morgan fingerprint density at radius 3 is 1.27 bits per heavy atom. The molecule has 0 spiro atoms. The topological polar surface area (TPSA) is 628 Å². The van der Waals surface area contributed by atoms with E-state index >= 15 is 0 Å². The van der Waals surface area contributed by atoms with Crippen LogP contribution in [0.3, 0.4) is 0 Å². The third-order valence-electron chi connectivity index (χ3n) is 16.2. The lowest BCUT2D eigenvalue weighted by atomic mass is 10.0. The molecule has 0 saturated heterocycles. The van der Waals surface area contributed by atoms with Gasteiger partial charge in [-0.2, -0.15) is 37.0 Å². The Bertz CT molecular complexity index is 3540. The molecule has 0 saturated carbocycles. The van der Waals surface area contributed by atoms with E-state index in [4.69, 9.17) is 63.7 Å². The summed E-state index contributed by atoms with van der Waals surface area (Å²) >= 11 is 9.62. The maximum atomic E-state index is 13.9. The number of ether oxygens (including phenoxy) is 10. The zero-order valence-corrected chi connectivity index (χ0v) is 72.2. The van der Waals surface area contributed by atoms with E-state index < -0.39 is 163 Å². The minimum absolute atomic E-state index is 0.00705. The second-order valence-electron chi connectivity index (χ2n) is 26.4. The molecule has 0 aliphatic carbocycles. The number of unbranched alkanes of at least 4 members (excludes halogenated alkanes) is 1. The number of carbonyl (C=O) groups excluding carboxylic acids is 15. The molecule has 696 valence electrons. The average Bonchev–Trinajstić information content (AvgIpc) is 0.869. The summed E-state index contributed by atoms with van der Waals surface area (Å²) in [4.78, 5) is 210. The third kappa shape index (κ3) is 58.1. The molecule has 0 aliphatic rings. The van der Waals surface area contributed by atoms with E-state index in [1.165, 1.54) is 24.9 Å². The van der Waals surface area contributed by atoms with Crippen molar-refractivity contribution >= 4 is 138 Å². The van der Waals surface area contributed by atoms with E-state index in [-0.39, 0.29) is 162 Å². The minimum atomic E-state index is -1.89. The predicted molar refractivity (Wildman–Crippen MR) is 454 cm³/mol. The van der Waals surface area contributed by atoms with Gasteiger partial charge in [0, 0.05) is 57.2 Å². The van der Waals surface area contributed by atoms with Gasteiger partial charge in [0.15, 0.2) is 6.61 Å². The van der Waals surface area contributed by atoms with E-state index in [1.54, 1.807) is 36.6 Å². The number of amides is 16. The van der Waals surface area contributed by atoms with Crippen LogP contribution in [0.25, 0.3) is 0 Å². The van der Waals surface area contributed by atoms with Gasteiger partial charge in [0.2, 0.25) is 76.8 Å². The number of rotatable bonds is 75. The molecule has 0 bridgehead atoms. The number of aliphatic carboxylic acids is 1. The van der Waals surface area contributed by atoms with Gasteiger partial charge < -0.3 is 143 Å². The van der Waals surface area contributed by atoms with E-state index in [2.05, 4.69) is 105 Å². The normalized spacial score (nSPS) is 12.7. The van der Waals surface area contributed by atoms with Gasteiger partial charge in [-0.25, -0.2) is 4.79 Å². The van der Waals surface area contributed by atoms with Gasteiger partial charge in [-0.15, -0.1) is 0 Å². The molecule has 0 heterocycles. The van der Waals surface area contributed by atoms with Crippen molar-refractivity contribution in [2.24, 2.45) is 16.6 Å². The fourth-order valence-electron chi connectivity index (χ4n) is 10.1. The third-order valence-corrected chi connectivity index (χ3v) is 17.5. The van der Waals surface area contributed by atoms with Crippen molar-refractivity contribution in [1.29, 1.82) is 0 Å². The molecule has 0 aliphatic heterocycles. The zero-order chi connectivity index (χ0) is 91.2. The van der Waals surface area contributed by atoms with E-state index in [9.17, 15) is 81.8 Å². The average molecular weight is 1820 g/mol. The molecule has 124 heavy (non-hydrogen) atoms. The van der Waals surface area contributed by atoms with Gasteiger partial charge in [-0.1, -0.05) is 65.8 Å². The van der Waals surface area contributed by atoms with Crippen molar-refractivity contribution in [2.45, 2.75) is 94.2 Å². The van der Waals surface area contributed by atoms with Crippen LogP contribution in [0.2, 0.25) is 0 Å². The number of thiol groups is 2. The summed E-state index contributed by atoms with van der Waals surface area (Å²) in [6, 6.07) is 6.72. The molecular formula is C76H121N17O28S3. The number of primary amides is 2. The van der Waals surface area contributed by atoms with Crippen molar-refractivity contribution in [3.05, 3.63) is 71.8 Å². The summed E-state index contributed by atoms with van der Waals surface area (Å²) in [5.74, 6) is -12.9. The van der Waals surface area contributed by atoms with Gasteiger partial charge in [0.1, 0.15) is 68.7 Å². The van der Waals surface area contributed by atoms with Crippen LogP contribution in [0.1, 0.15) is 56.6 Å². The van der Waals surface area contributed by atoms with E-state index in [0.717, 1.165) is 5.56 Å². The lowest BCUT2D eigenvalue weighted by Crippen LogP contribution is -2.59. The summed E-state index contributed by atoms with van der Waals surface area (Å²) in [5, 5.41) is 48.5. The second-order valence-corrected chi connectivity index (χ2v) is 28.0. The van der Waals surface area contributed by atoms with Crippen molar-refractivity contribution in [2.75, 3.05) is 208 Å². The highest BCUT2D eigenvalue weighted by molar-refractivity contribution is 7.99. The van der Waals surface area contributed by atoms with Crippen LogP contribution in [0, 0.1) is 0 Å². The zero-order valence-electron chi connectivity index (χ0n) is 69.6. The van der Waals surface area contributed by atoms with Crippen molar-refractivity contribution in [3.63, 3.8) is 0 Å². The lowest BCUT2D eigenvalue weighted by molar-refractivity contribution is -0.141. The van der Waals surface area contributed by atoms with Crippen molar-refractivity contribution in [3.8, 4) is 0 Å². The maximum Gasteiger partial charge on any atom is 0.312 e. The Hall–Kier alpha value is -10.1. The van der Waals surface area contributed by atoms with Crippen LogP contribution >= 0.6 is 37.0 Å². The Morgan fingerprint density at radius 2 is 0.790 bits per heavy atom. The Balaban J connectivity index is 1.81. The maximum absolute atomic E-state index is 13.9. The number of hydrogen-bond donors (Lipinski definition) is 19. The van der Waals surface area contributed by atoms with Crippen LogP contribution < -0.4 is 85.9 Å². The smallest absolute Gasteiger partial charge is 0.312 e. The van der Waals surface area contributed by atoms with Gasteiger partial charge in [0.25, 0.3) is 5.91 Å². The first-order valence-electron chi connectivity index (χ1n) is 39.7. The number of carbonyl (C=O) groups is 16. The monoisotopic (exact) mass is 1820 g/mol. The van der Waals surface area contributed by atoms with E-state index in [1.807, 2.05) is 30.3 Å². The number of oxime groups is 1. The Kier molecular flexibility index (Phi) is 63.1. The number of urea groups is 1. The number of benzene rings is 2. The number of carboxylic acids is 1. The highest BCUT2D eigenvalue weighted by atomic mass is 32.2.